The maximum Gasteiger partial charge on any atom is 0.0209 e. The maximum atomic E-state index is 3.60. The molecule has 0 aliphatic carbocycles. The molecule has 1 nitrogen and oxygen atoms in total. The Morgan fingerprint density at radius 2 is 2.05 bits per heavy atom. The second-order valence-electron chi connectivity index (χ2n) is 4.61. The third-order valence-electron chi connectivity index (χ3n) is 3.05. The van der Waals surface area contributed by atoms with Crippen LogP contribution in [0.15, 0.2) is 46.7 Å². The number of thioether (sulfide) groups is 1. The van der Waals surface area contributed by atoms with E-state index in [1.54, 1.807) is 0 Å². The van der Waals surface area contributed by atoms with Crippen LogP contribution in [0.5, 0.6) is 0 Å². The van der Waals surface area contributed by atoms with Crippen molar-refractivity contribution >= 4 is 23.1 Å². The summed E-state index contributed by atoms with van der Waals surface area (Å²) >= 11 is 3.81. The van der Waals surface area contributed by atoms with Crippen LogP contribution in [0, 0.1) is 6.92 Å². The zero-order valence-electron chi connectivity index (χ0n) is 11.6. The molecule has 0 saturated carbocycles. The summed E-state index contributed by atoms with van der Waals surface area (Å²) in [7, 11) is 0. The second-order valence-corrected chi connectivity index (χ2v) is 6.71. The normalized spacial score (nSPS) is 12.5. The third kappa shape index (κ3) is 4.68. The van der Waals surface area contributed by atoms with E-state index in [9.17, 15) is 0 Å². The average molecular weight is 291 g/mol. The molecular formula is C16H21NS2. The van der Waals surface area contributed by atoms with E-state index in [1.165, 1.54) is 15.3 Å². The first kappa shape index (κ1) is 14.6. The first-order chi connectivity index (χ1) is 9.29. The Kier molecular flexibility index (Phi) is 5.95. The number of hydrogen-bond donors (Lipinski definition) is 1. The molecule has 1 heterocycles. The van der Waals surface area contributed by atoms with Crippen molar-refractivity contribution in [3.05, 3.63) is 52.2 Å². The van der Waals surface area contributed by atoms with Crippen molar-refractivity contribution in [1.29, 1.82) is 0 Å². The van der Waals surface area contributed by atoms with Crippen molar-refractivity contribution in [2.45, 2.75) is 31.2 Å². The molecule has 102 valence electrons. The number of hydrogen-bond acceptors (Lipinski definition) is 3. The van der Waals surface area contributed by atoms with Crippen LogP contribution in [0.1, 0.15) is 17.4 Å². The van der Waals surface area contributed by atoms with Crippen LogP contribution >= 0.6 is 23.1 Å². The summed E-state index contributed by atoms with van der Waals surface area (Å²) in [6, 6.07) is 13.5. The molecule has 1 atom stereocenters. The summed E-state index contributed by atoms with van der Waals surface area (Å²) in [4.78, 5) is 2.87. The summed E-state index contributed by atoms with van der Waals surface area (Å²) in [5.74, 6) is 1.12. The minimum absolute atomic E-state index is 0.549. The highest BCUT2D eigenvalue weighted by atomic mass is 32.2. The second kappa shape index (κ2) is 7.73. The molecule has 0 aliphatic rings. The zero-order chi connectivity index (χ0) is 13.5. The fraction of sp³-hybridized carbons (Fsp3) is 0.375. The molecule has 1 unspecified atom stereocenters. The number of nitrogens with one attached hydrogen (secondary N) is 1. The summed E-state index contributed by atoms with van der Waals surface area (Å²) in [5, 5.41) is 5.76. The van der Waals surface area contributed by atoms with Crippen molar-refractivity contribution in [2.75, 3.05) is 12.3 Å². The summed E-state index contributed by atoms with van der Waals surface area (Å²) < 4.78 is 0. The van der Waals surface area contributed by atoms with Crippen LogP contribution in [0.2, 0.25) is 0 Å². The lowest BCUT2D eigenvalue weighted by Gasteiger charge is -2.17. The van der Waals surface area contributed by atoms with Crippen LogP contribution in [-0.4, -0.2) is 18.3 Å². The van der Waals surface area contributed by atoms with Gasteiger partial charge in [-0.1, -0.05) is 31.2 Å². The molecule has 0 aliphatic heterocycles. The van der Waals surface area contributed by atoms with Crippen LogP contribution in [0.4, 0.5) is 0 Å². The highest BCUT2D eigenvalue weighted by Gasteiger charge is 2.10. The van der Waals surface area contributed by atoms with Gasteiger partial charge in [-0.2, -0.15) is 0 Å². The van der Waals surface area contributed by atoms with Crippen LogP contribution < -0.4 is 5.32 Å². The molecule has 0 bridgehead atoms. The Morgan fingerprint density at radius 1 is 1.21 bits per heavy atom. The molecule has 1 N–H and O–H groups in total. The zero-order valence-corrected chi connectivity index (χ0v) is 13.2. The van der Waals surface area contributed by atoms with E-state index < -0.39 is 0 Å². The number of likely N-dealkylation sites (N-methyl/N-ethyl adjacent to an activating group) is 1. The molecule has 2 aromatic rings. The molecule has 0 spiro atoms. The van der Waals surface area contributed by atoms with Gasteiger partial charge in [-0.3, -0.25) is 0 Å². The van der Waals surface area contributed by atoms with Crippen molar-refractivity contribution < 1.29 is 0 Å². The Balaban J connectivity index is 1.91. The van der Waals surface area contributed by atoms with E-state index >= 15 is 0 Å². The first-order valence-corrected chi connectivity index (χ1v) is 8.60. The van der Waals surface area contributed by atoms with Gasteiger partial charge in [0, 0.05) is 21.6 Å². The van der Waals surface area contributed by atoms with Gasteiger partial charge in [-0.25, -0.2) is 0 Å². The smallest absolute Gasteiger partial charge is 0.0209 e. The van der Waals surface area contributed by atoms with Gasteiger partial charge in [0.2, 0.25) is 0 Å². The third-order valence-corrected chi connectivity index (χ3v) is 5.29. The Labute approximate surface area is 124 Å². The van der Waals surface area contributed by atoms with Gasteiger partial charge < -0.3 is 5.32 Å². The standard InChI is InChI=1S/C16H21NS2/c1-3-17-14(11-15-8-6-10-18-15)12-19-16-9-5-4-7-13(16)2/h4-10,14,17H,3,11-12H2,1-2H3. The van der Waals surface area contributed by atoms with Crippen LogP contribution in [0.25, 0.3) is 0 Å². The largest absolute Gasteiger partial charge is 0.313 e. The first-order valence-electron chi connectivity index (χ1n) is 6.73. The molecular weight excluding hydrogens is 270 g/mol. The predicted molar refractivity (Wildman–Crippen MR) is 87.4 cm³/mol. The molecule has 0 fully saturated rings. The highest BCUT2D eigenvalue weighted by Crippen LogP contribution is 2.23. The lowest BCUT2D eigenvalue weighted by Crippen LogP contribution is -2.33. The van der Waals surface area contributed by atoms with Gasteiger partial charge >= 0.3 is 0 Å². The molecule has 2 rings (SSSR count). The molecule has 19 heavy (non-hydrogen) atoms. The molecule has 3 heteroatoms. The van der Waals surface area contributed by atoms with Gasteiger partial charge in [-0.05, 0) is 43.0 Å². The number of aryl methyl sites for hydroxylation is 1. The minimum atomic E-state index is 0.549. The van der Waals surface area contributed by atoms with Gasteiger partial charge in [0.05, 0.1) is 0 Å². The van der Waals surface area contributed by atoms with Crippen LogP contribution in [0.3, 0.4) is 0 Å². The van der Waals surface area contributed by atoms with E-state index in [-0.39, 0.29) is 0 Å². The van der Waals surface area contributed by atoms with E-state index in [0.717, 1.165) is 18.7 Å². The Hall–Kier alpha value is -0.770. The molecule has 0 radical (unpaired) electrons. The number of thiophene rings is 1. The SMILES string of the molecule is CCNC(CSc1ccccc1C)Cc1cccs1. The predicted octanol–water partition coefficient (Wildman–Crippen LogP) is 4.37. The molecule has 1 aromatic heterocycles. The van der Waals surface area contributed by atoms with E-state index in [2.05, 4.69) is 60.9 Å². The molecule has 0 saturated heterocycles. The number of benzene rings is 1. The van der Waals surface area contributed by atoms with Gasteiger partial charge in [0.1, 0.15) is 0 Å². The van der Waals surface area contributed by atoms with Gasteiger partial charge in [0.15, 0.2) is 0 Å². The maximum absolute atomic E-state index is 3.60. The van der Waals surface area contributed by atoms with Gasteiger partial charge in [0.25, 0.3) is 0 Å². The van der Waals surface area contributed by atoms with E-state index in [4.69, 9.17) is 0 Å². The fourth-order valence-electron chi connectivity index (χ4n) is 2.06. The quantitative estimate of drug-likeness (QED) is 0.760. The minimum Gasteiger partial charge on any atom is -0.313 e. The van der Waals surface area contributed by atoms with Crippen molar-refractivity contribution in [3.63, 3.8) is 0 Å². The topological polar surface area (TPSA) is 12.0 Å². The number of rotatable bonds is 7. The van der Waals surface area contributed by atoms with Crippen LogP contribution in [-0.2, 0) is 6.42 Å². The Bertz CT molecular complexity index is 479. The lowest BCUT2D eigenvalue weighted by atomic mass is 10.2. The summed E-state index contributed by atoms with van der Waals surface area (Å²) in [6.45, 7) is 5.40. The highest BCUT2D eigenvalue weighted by molar-refractivity contribution is 7.99. The molecule has 1 aromatic carbocycles. The van der Waals surface area contributed by atoms with Gasteiger partial charge in [-0.15, -0.1) is 23.1 Å². The average Bonchev–Trinajstić information content (AvgIpc) is 2.91. The lowest BCUT2D eigenvalue weighted by molar-refractivity contribution is 0.576. The van der Waals surface area contributed by atoms with Crippen molar-refractivity contribution in [1.82, 2.24) is 5.32 Å². The fourth-order valence-corrected chi connectivity index (χ4v) is 3.93. The van der Waals surface area contributed by atoms with Crippen molar-refractivity contribution in [2.24, 2.45) is 0 Å². The summed E-state index contributed by atoms with van der Waals surface area (Å²) in [6.07, 6.45) is 1.13. The van der Waals surface area contributed by atoms with E-state index in [0.29, 0.717) is 6.04 Å². The molecule has 0 amide bonds. The monoisotopic (exact) mass is 291 g/mol. The summed E-state index contributed by atoms with van der Waals surface area (Å²) in [5.41, 5.74) is 1.37. The Morgan fingerprint density at radius 3 is 2.74 bits per heavy atom. The van der Waals surface area contributed by atoms with Crippen molar-refractivity contribution in [3.8, 4) is 0 Å². The van der Waals surface area contributed by atoms with E-state index in [1.807, 2.05) is 23.1 Å².